The van der Waals surface area contributed by atoms with Crippen LogP contribution in [0.3, 0.4) is 0 Å². The maximum Gasteiger partial charge on any atom is 0.00925 e. The van der Waals surface area contributed by atoms with Gasteiger partial charge < -0.3 is 10.2 Å². The largest absolute Gasteiger partial charge is 0.314 e. The third-order valence-corrected chi connectivity index (χ3v) is 3.57. The Morgan fingerprint density at radius 1 is 1.33 bits per heavy atom. The first-order chi connectivity index (χ1) is 7.27. The molecule has 2 heteroatoms. The highest BCUT2D eigenvalue weighted by Gasteiger charge is 2.18. The lowest BCUT2D eigenvalue weighted by Crippen LogP contribution is -2.43. The lowest BCUT2D eigenvalue weighted by molar-refractivity contribution is 0.160. The van der Waals surface area contributed by atoms with Gasteiger partial charge in [0, 0.05) is 12.1 Å². The van der Waals surface area contributed by atoms with Crippen LogP contribution in [0.15, 0.2) is 0 Å². The molecule has 1 saturated heterocycles. The van der Waals surface area contributed by atoms with E-state index in [9.17, 15) is 0 Å². The third kappa shape index (κ3) is 4.52. The van der Waals surface area contributed by atoms with Gasteiger partial charge in [-0.15, -0.1) is 0 Å². The predicted octanol–water partition coefficient (Wildman–Crippen LogP) is 2.64. The van der Waals surface area contributed by atoms with Crippen molar-refractivity contribution in [1.29, 1.82) is 0 Å². The van der Waals surface area contributed by atoms with E-state index in [2.05, 4.69) is 31.0 Å². The molecule has 1 heterocycles. The molecule has 2 unspecified atom stereocenters. The van der Waals surface area contributed by atoms with Crippen molar-refractivity contribution < 1.29 is 0 Å². The van der Waals surface area contributed by atoms with Gasteiger partial charge in [-0.25, -0.2) is 0 Å². The van der Waals surface area contributed by atoms with Crippen molar-refractivity contribution >= 4 is 0 Å². The first-order valence-corrected chi connectivity index (χ1v) is 6.75. The van der Waals surface area contributed by atoms with E-state index < -0.39 is 0 Å². The van der Waals surface area contributed by atoms with E-state index in [1.807, 2.05) is 0 Å². The van der Waals surface area contributed by atoms with Crippen LogP contribution in [-0.2, 0) is 0 Å². The lowest BCUT2D eigenvalue weighted by Gasteiger charge is -2.34. The zero-order chi connectivity index (χ0) is 11.1. The van der Waals surface area contributed by atoms with Crippen molar-refractivity contribution in [2.24, 2.45) is 0 Å². The number of hydrogen-bond donors (Lipinski definition) is 1. The molecule has 0 spiro atoms. The first-order valence-electron chi connectivity index (χ1n) is 6.75. The number of hydrogen-bond acceptors (Lipinski definition) is 2. The van der Waals surface area contributed by atoms with Crippen LogP contribution in [0.4, 0.5) is 0 Å². The van der Waals surface area contributed by atoms with Gasteiger partial charge in [0.1, 0.15) is 0 Å². The summed E-state index contributed by atoms with van der Waals surface area (Å²) < 4.78 is 0. The van der Waals surface area contributed by atoms with E-state index in [-0.39, 0.29) is 0 Å². The maximum absolute atomic E-state index is 3.57. The van der Waals surface area contributed by atoms with Gasteiger partial charge >= 0.3 is 0 Å². The molecule has 0 saturated carbocycles. The number of nitrogens with zero attached hydrogens (tertiary/aromatic N) is 1. The van der Waals surface area contributed by atoms with E-state index in [0.717, 1.165) is 6.04 Å². The molecule has 1 rings (SSSR count). The molecule has 0 aromatic carbocycles. The smallest absolute Gasteiger partial charge is 0.00925 e. The maximum atomic E-state index is 3.57. The molecule has 90 valence electrons. The standard InChI is InChI=1S/C13H28N2/c1-4-7-13(5-2)15-10-6-9-14-12(3)8-11-15/h12-14H,4-11H2,1-3H3. The van der Waals surface area contributed by atoms with Crippen molar-refractivity contribution in [3.63, 3.8) is 0 Å². The Kier molecular flexibility index (Phi) is 6.26. The topological polar surface area (TPSA) is 15.3 Å². The second kappa shape index (κ2) is 7.24. The molecule has 0 aromatic rings. The monoisotopic (exact) mass is 212 g/mol. The zero-order valence-corrected chi connectivity index (χ0v) is 10.8. The molecule has 1 aliphatic heterocycles. The molecule has 0 radical (unpaired) electrons. The average Bonchev–Trinajstić information content (AvgIpc) is 2.22. The lowest BCUT2D eigenvalue weighted by atomic mass is 10.0. The second-order valence-corrected chi connectivity index (χ2v) is 4.88. The molecule has 1 aliphatic rings. The van der Waals surface area contributed by atoms with Crippen LogP contribution in [0.2, 0.25) is 0 Å². The molecule has 1 N–H and O–H groups in total. The van der Waals surface area contributed by atoms with Crippen LogP contribution in [0.5, 0.6) is 0 Å². The minimum absolute atomic E-state index is 0.701. The van der Waals surface area contributed by atoms with Crippen molar-refractivity contribution in [1.82, 2.24) is 10.2 Å². The number of rotatable bonds is 4. The summed E-state index contributed by atoms with van der Waals surface area (Å²) >= 11 is 0. The van der Waals surface area contributed by atoms with Crippen molar-refractivity contribution in [3.8, 4) is 0 Å². The van der Waals surface area contributed by atoms with E-state index >= 15 is 0 Å². The quantitative estimate of drug-likeness (QED) is 0.770. The Hall–Kier alpha value is -0.0800. The molecular weight excluding hydrogens is 184 g/mol. The molecular formula is C13H28N2. The molecule has 0 aliphatic carbocycles. The summed E-state index contributed by atoms with van der Waals surface area (Å²) in [5, 5.41) is 3.57. The van der Waals surface area contributed by atoms with Gasteiger partial charge in [-0.1, -0.05) is 20.3 Å². The normalized spacial score (nSPS) is 27.0. The molecule has 2 atom stereocenters. The van der Waals surface area contributed by atoms with Crippen LogP contribution in [-0.4, -0.2) is 36.6 Å². The highest BCUT2D eigenvalue weighted by atomic mass is 15.2. The fourth-order valence-corrected chi connectivity index (χ4v) is 2.55. The van der Waals surface area contributed by atoms with Crippen LogP contribution in [0.1, 0.15) is 52.9 Å². The molecule has 1 fully saturated rings. The summed E-state index contributed by atoms with van der Waals surface area (Å²) in [5.74, 6) is 0. The van der Waals surface area contributed by atoms with E-state index in [0.29, 0.717) is 6.04 Å². The molecule has 0 bridgehead atoms. The van der Waals surface area contributed by atoms with E-state index in [1.54, 1.807) is 0 Å². The van der Waals surface area contributed by atoms with Crippen molar-refractivity contribution in [2.75, 3.05) is 19.6 Å². The van der Waals surface area contributed by atoms with Crippen LogP contribution in [0.25, 0.3) is 0 Å². The van der Waals surface area contributed by atoms with Gasteiger partial charge in [0.25, 0.3) is 0 Å². The first kappa shape index (κ1) is 13.0. The number of nitrogens with one attached hydrogen (secondary N) is 1. The Balaban J connectivity index is 2.42. The summed E-state index contributed by atoms with van der Waals surface area (Å²) in [4.78, 5) is 2.72. The average molecular weight is 212 g/mol. The second-order valence-electron chi connectivity index (χ2n) is 4.88. The zero-order valence-electron chi connectivity index (χ0n) is 10.8. The molecule has 0 amide bonds. The SMILES string of the molecule is CCCC(CC)N1CCCNC(C)CC1. The molecule has 15 heavy (non-hydrogen) atoms. The van der Waals surface area contributed by atoms with E-state index in [1.165, 1.54) is 51.7 Å². The van der Waals surface area contributed by atoms with Crippen molar-refractivity contribution in [3.05, 3.63) is 0 Å². The van der Waals surface area contributed by atoms with Gasteiger partial charge in [0.2, 0.25) is 0 Å². The van der Waals surface area contributed by atoms with Gasteiger partial charge in [0.15, 0.2) is 0 Å². The Morgan fingerprint density at radius 3 is 2.80 bits per heavy atom. The minimum atomic E-state index is 0.701. The Morgan fingerprint density at radius 2 is 2.13 bits per heavy atom. The van der Waals surface area contributed by atoms with Crippen molar-refractivity contribution in [2.45, 2.75) is 65.0 Å². The molecule has 0 aromatic heterocycles. The summed E-state index contributed by atoms with van der Waals surface area (Å²) in [5.41, 5.74) is 0. The van der Waals surface area contributed by atoms with Gasteiger partial charge in [-0.3, -0.25) is 0 Å². The summed E-state index contributed by atoms with van der Waals surface area (Å²) in [7, 11) is 0. The van der Waals surface area contributed by atoms with Gasteiger partial charge in [0.05, 0.1) is 0 Å². The predicted molar refractivity (Wildman–Crippen MR) is 67.3 cm³/mol. The van der Waals surface area contributed by atoms with E-state index in [4.69, 9.17) is 0 Å². The highest BCUT2D eigenvalue weighted by molar-refractivity contribution is 4.75. The van der Waals surface area contributed by atoms with Gasteiger partial charge in [-0.05, 0) is 52.2 Å². The highest BCUT2D eigenvalue weighted by Crippen LogP contribution is 2.14. The summed E-state index contributed by atoms with van der Waals surface area (Å²) in [6, 6.07) is 1.53. The minimum Gasteiger partial charge on any atom is -0.314 e. The summed E-state index contributed by atoms with van der Waals surface area (Å²) in [6.07, 6.45) is 6.63. The van der Waals surface area contributed by atoms with Crippen LogP contribution >= 0.6 is 0 Å². The summed E-state index contributed by atoms with van der Waals surface area (Å²) in [6.45, 7) is 10.7. The fraction of sp³-hybridized carbons (Fsp3) is 1.00. The van der Waals surface area contributed by atoms with Crippen LogP contribution in [0, 0.1) is 0 Å². The fourth-order valence-electron chi connectivity index (χ4n) is 2.55. The van der Waals surface area contributed by atoms with Gasteiger partial charge in [-0.2, -0.15) is 0 Å². The molecule has 2 nitrogen and oxygen atoms in total. The Bertz CT molecular complexity index is 159. The Labute approximate surface area is 95.4 Å². The third-order valence-electron chi connectivity index (χ3n) is 3.57. The van der Waals surface area contributed by atoms with Crippen LogP contribution < -0.4 is 5.32 Å².